The Balaban J connectivity index is 1.59. The number of amides is 2. The maximum absolute atomic E-state index is 14.0. The number of hydrogen-bond acceptors (Lipinski definition) is 6. The first-order valence-corrected chi connectivity index (χ1v) is 12.0. The predicted molar refractivity (Wildman–Crippen MR) is 127 cm³/mol. The van der Waals surface area contributed by atoms with Gasteiger partial charge >= 0.3 is 6.03 Å². The largest absolute Gasteiger partial charge is 0.586 e. The summed E-state index contributed by atoms with van der Waals surface area (Å²) in [5, 5.41) is 6.52. The molecular weight excluding hydrogens is 478 g/mol. The molecule has 1 saturated heterocycles. The average Bonchev–Trinajstić information content (AvgIpc) is 3.19. The zero-order valence-corrected chi connectivity index (χ0v) is 20.6. The number of urea groups is 1. The fourth-order valence-electron chi connectivity index (χ4n) is 4.21. The maximum atomic E-state index is 14.0. The van der Waals surface area contributed by atoms with Crippen molar-refractivity contribution < 1.29 is 22.9 Å². The number of carbonyl (C=O) groups is 1. The Labute approximate surface area is 204 Å². The second kappa shape index (κ2) is 9.88. The lowest BCUT2D eigenvalue weighted by Gasteiger charge is -2.38. The molecule has 4 rings (SSSR count). The van der Waals surface area contributed by atoms with Gasteiger partial charge in [0.05, 0.1) is 38.1 Å². The minimum absolute atomic E-state index is 0.00457. The summed E-state index contributed by atoms with van der Waals surface area (Å²) >= 11 is -1.61. The van der Waals surface area contributed by atoms with Gasteiger partial charge in [-0.2, -0.15) is 5.10 Å². The number of benzene rings is 1. The number of rotatable bonds is 7. The third-order valence-electron chi connectivity index (χ3n) is 5.67. The first kappa shape index (κ1) is 25.0. The number of methoxy groups -OCH3 is 1. The number of carbonyl (C=O) groups excluding carboxylic acids is 1. The van der Waals surface area contributed by atoms with Crippen LogP contribution in [0.25, 0.3) is 5.65 Å². The Morgan fingerprint density at radius 3 is 2.71 bits per heavy atom. The summed E-state index contributed by atoms with van der Waals surface area (Å²) in [6, 6.07) is 4.19. The van der Waals surface area contributed by atoms with Crippen LogP contribution in [-0.4, -0.2) is 69.0 Å². The molecule has 0 radical (unpaired) electrons. The summed E-state index contributed by atoms with van der Waals surface area (Å²) < 4.78 is 51.6. The van der Waals surface area contributed by atoms with Gasteiger partial charge in [-0.05, 0) is 26.8 Å². The molecule has 0 bridgehead atoms. The molecule has 1 aromatic carbocycles. The van der Waals surface area contributed by atoms with Crippen molar-refractivity contribution in [1.82, 2.24) is 24.8 Å². The van der Waals surface area contributed by atoms with Gasteiger partial charge in [-0.3, -0.25) is 0 Å². The highest BCUT2D eigenvalue weighted by atomic mass is 32.2. The Morgan fingerprint density at radius 1 is 1.31 bits per heavy atom. The van der Waals surface area contributed by atoms with Gasteiger partial charge in [0.25, 0.3) is 5.92 Å². The molecule has 0 saturated carbocycles. The lowest BCUT2D eigenvalue weighted by molar-refractivity contribution is -0.0509. The second-order valence-corrected chi connectivity index (χ2v) is 9.70. The number of alkyl halides is 2. The van der Waals surface area contributed by atoms with Crippen LogP contribution < -0.4 is 5.32 Å². The first-order chi connectivity index (χ1) is 16.6. The van der Waals surface area contributed by atoms with Gasteiger partial charge in [0.2, 0.25) is 0 Å². The summed E-state index contributed by atoms with van der Waals surface area (Å²) in [5.41, 5.74) is 4.23. The molecule has 0 aliphatic carbocycles. The summed E-state index contributed by atoms with van der Waals surface area (Å²) in [6.45, 7) is 4.35. The van der Waals surface area contributed by atoms with Gasteiger partial charge < -0.3 is 19.5 Å². The molecule has 1 fully saturated rings. The number of hydrogen-bond donors (Lipinski definition) is 1. The molecule has 2 amide bonds. The third kappa shape index (κ3) is 5.44. The van der Waals surface area contributed by atoms with Crippen molar-refractivity contribution in [3.05, 3.63) is 58.5 Å². The van der Waals surface area contributed by atoms with Crippen LogP contribution in [0.2, 0.25) is 0 Å². The van der Waals surface area contributed by atoms with Crippen LogP contribution in [0.3, 0.4) is 0 Å². The molecule has 1 aliphatic heterocycles. The molecule has 35 heavy (non-hydrogen) atoms. The van der Waals surface area contributed by atoms with Crippen LogP contribution in [-0.2, 0) is 16.1 Å². The molecule has 1 aliphatic rings. The Kier molecular flexibility index (Phi) is 7.06. The molecule has 0 spiro atoms. The Hall–Kier alpha value is -3.09. The summed E-state index contributed by atoms with van der Waals surface area (Å²) in [6.07, 6.45) is 4.51. The Bertz CT molecular complexity index is 1260. The van der Waals surface area contributed by atoms with E-state index in [2.05, 4.69) is 19.8 Å². The molecular formula is C23H26F2N6O3S. The van der Waals surface area contributed by atoms with E-state index in [1.54, 1.807) is 12.3 Å². The molecule has 9 nitrogen and oxygen atoms in total. The van der Waals surface area contributed by atoms with Crippen molar-refractivity contribution in [2.45, 2.75) is 37.6 Å². The fraction of sp³-hybridized carbons (Fsp3) is 0.391. The van der Waals surface area contributed by atoms with E-state index in [1.165, 1.54) is 24.0 Å². The fourth-order valence-corrected chi connectivity index (χ4v) is 5.19. The van der Waals surface area contributed by atoms with Crippen LogP contribution in [0.15, 0.2) is 39.9 Å². The van der Waals surface area contributed by atoms with E-state index in [0.717, 1.165) is 21.6 Å². The summed E-state index contributed by atoms with van der Waals surface area (Å²) in [4.78, 5) is 18.5. The first-order valence-electron chi connectivity index (χ1n) is 10.9. The van der Waals surface area contributed by atoms with Crippen LogP contribution >= 0.6 is 0 Å². The summed E-state index contributed by atoms with van der Waals surface area (Å²) in [5.74, 6) is -3.06. The van der Waals surface area contributed by atoms with Crippen LogP contribution in [0.5, 0.6) is 0 Å². The van der Waals surface area contributed by atoms with E-state index in [1.807, 2.05) is 32.9 Å². The average molecular weight is 505 g/mol. The van der Waals surface area contributed by atoms with Crippen molar-refractivity contribution in [2.24, 2.45) is 4.40 Å². The maximum Gasteiger partial charge on any atom is 0.318 e. The molecule has 2 aromatic heterocycles. The van der Waals surface area contributed by atoms with Crippen molar-refractivity contribution in [1.29, 1.82) is 0 Å². The monoisotopic (exact) mass is 504 g/mol. The number of nitrogens with one attached hydrogen (secondary N) is 1. The topological polar surface area (TPSA) is 107 Å². The molecule has 1 N–H and O–H groups in total. The smallest absolute Gasteiger partial charge is 0.318 e. The molecule has 1 unspecified atom stereocenters. The molecule has 186 valence electrons. The van der Waals surface area contributed by atoms with Gasteiger partial charge in [0.1, 0.15) is 23.3 Å². The Morgan fingerprint density at radius 2 is 2.03 bits per heavy atom. The van der Waals surface area contributed by atoms with Crippen LogP contribution in [0, 0.1) is 20.8 Å². The van der Waals surface area contributed by atoms with Crippen molar-refractivity contribution >= 4 is 29.3 Å². The van der Waals surface area contributed by atoms with Crippen molar-refractivity contribution in [2.75, 3.05) is 26.8 Å². The number of fused-ring (bicyclic) bond motifs is 1. The lowest BCUT2D eigenvalue weighted by Crippen LogP contribution is -2.58. The van der Waals surface area contributed by atoms with Gasteiger partial charge in [-0.15, -0.1) is 0 Å². The second-order valence-electron chi connectivity index (χ2n) is 8.58. The quantitative estimate of drug-likeness (QED) is 0.393. The highest BCUT2D eigenvalue weighted by molar-refractivity contribution is 7.90. The molecule has 2 atom stereocenters. The number of nitrogens with zero attached hydrogens (tertiary/aromatic N) is 5. The molecule has 12 heteroatoms. The predicted octanol–water partition coefficient (Wildman–Crippen LogP) is 3.14. The van der Waals surface area contributed by atoms with E-state index in [4.69, 9.17) is 4.74 Å². The summed E-state index contributed by atoms with van der Waals surface area (Å²) in [7, 11) is 1.43. The zero-order chi connectivity index (χ0) is 25.3. The zero-order valence-electron chi connectivity index (χ0n) is 19.8. The van der Waals surface area contributed by atoms with Gasteiger partial charge in [-0.25, -0.2) is 23.1 Å². The third-order valence-corrected chi connectivity index (χ3v) is 6.96. The minimum atomic E-state index is -3.06. The number of ether oxygens (including phenoxy) is 1. The van der Waals surface area contributed by atoms with Crippen molar-refractivity contribution in [3.8, 4) is 0 Å². The highest BCUT2D eigenvalue weighted by Gasteiger charge is 2.42. The van der Waals surface area contributed by atoms with Crippen LogP contribution in [0.4, 0.5) is 13.6 Å². The van der Waals surface area contributed by atoms with Gasteiger partial charge in [-0.1, -0.05) is 22.1 Å². The van der Waals surface area contributed by atoms with E-state index in [9.17, 15) is 18.1 Å². The van der Waals surface area contributed by atoms with Crippen molar-refractivity contribution in [3.63, 3.8) is 0 Å². The van der Waals surface area contributed by atoms with E-state index in [-0.39, 0.29) is 6.61 Å². The van der Waals surface area contributed by atoms with Gasteiger partial charge in [0.15, 0.2) is 10.5 Å². The standard InChI is InChI=1S/C23H26F2N6O3S/c1-14-5-15(2)21(16(3)6-14)35(33)28-9-18-10-31-20(29-18)7-17(8-27-31)19(11-34-4)30-13-23(24,25)12-26-22(30)32/h5-10,19H,11-13H2,1-4H3,(H,26,32)/b28-9+/t19-,35?/m1/s1. The highest BCUT2D eigenvalue weighted by Crippen LogP contribution is 2.28. The molecule has 3 aromatic rings. The number of aromatic nitrogens is 3. The minimum Gasteiger partial charge on any atom is -0.586 e. The number of halogens is 2. The normalized spacial score (nSPS) is 17.7. The van der Waals surface area contributed by atoms with E-state index >= 15 is 0 Å². The van der Waals surface area contributed by atoms with E-state index < -0.39 is 42.4 Å². The molecule has 3 heterocycles. The van der Waals surface area contributed by atoms with Gasteiger partial charge in [0, 0.05) is 23.8 Å². The number of imidazole rings is 1. The van der Waals surface area contributed by atoms with Crippen LogP contribution in [0.1, 0.15) is 34.0 Å². The number of aryl methyl sites for hydroxylation is 3. The SMILES string of the molecule is COC[C@H](c1cnn2cc(/C=N/[S+]([O-])c3c(C)cc(C)cc3C)nc2c1)N1CC(F)(F)CNC1=O. The van der Waals surface area contributed by atoms with E-state index in [0.29, 0.717) is 21.8 Å². The lowest BCUT2D eigenvalue weighted by atomic mass is 10.1.